The van der Waals surface area contributed by atoms with Gasteiger partial charge < -0.3 is 14.2 Å². The molecule has 9 nitrogen and oxygen atoms in total. The number of esters is 1. The number of aryl methyl sites for hydroxylation is 2. The standard InChI is InChI=1S/C22H29N3O6S/c1-5-15(4)25(16-9-10-32(29,30)13-16)19(26)12-31-22(28)18-11-24(6-2)21-17(20(18)27)8-7-14(3)23-21/h7-8,11,15-16H,5-6,9-10,12-13H2,1-4H3/t15-,16+/m0/s1. The third kappa shape index (κ3) is 4.85. The monoisotopic (exact) mass is 463 g/mol. The van der Waals surface area contributed by atoms with Crippen molar-refractivity contribution in [2.45, 2.75) is 59.2 Å². The number of nitrogens with zero attached hydrogens (tertiary/aromatic N) is 3. The highest BCUT2D eigenvalue weighted by Gasteiger charge is 2.36. The van der Waals surface area contributed by atoms with Crippen LogP contribution in [0.2, 0.25) is 0 Å². The highest BCUT2D eigenvalue weighted by atomic mass is 32.2. The third-order valence-corrected chi connectivity index (χ3v) is 7.65. The molecule has 3 rings (SSSR count). The average molecular weight is 464 g/mol. The van der Waals surface area contributed by atoms with E-state index in [9.17, 15) is 22.8 Å². The molecule has 0 aliphatic carbocycles. The van der Waals surface area contributed by atoms with Crippen LogP contribution in [0.25, 0.3) is 11.0 Å². The second kappa shape index (κ2) is 9.40. The summed E-state index contributed by atoms with van der Waals surface area (Å²) in [5.74, 6) is -1.41. The number of hydrogen-bond donors (Lipinski definition) is 0. The van der Waals surface area contributed by atoms with Crippen LogP contribution in [0.4, 0.5) is 0 Å². The highest BCUT2D eigenvalue weighted by Crippen LogP contribution is 2.21. The predicted molar refractivity (Wildman–Crippen MR) is 120 cm³/mol. The fourth-order valence-corrected chi connectivity index (χ4v) is 5.74. The van der Waals surface area contributed by atoms with Gasteiger partial charge in [0, 0.05) is 30.5 Å². The topological polar surface area (TPSA) is 116 Å². The summed E-state index contributed by atoms with van der Waals surface area (Å²) in [5, 5.41) is 0.302. The Morgan fingerprint density at radius 1 is 1.31 bits per heavy atom. The van der Waals surface area contributed by atoms with Gasteiger partial charge in [-0.1, -0.05) is 6.92 Å². The van der Waals surface area contributed by atoms with E-state index in [0.29, 0.717) is 30.4 Å². The molecular weight excluding hydrogens is 434 g/mol. The van der Waals surface area contributed by atoms with Crippen LogP contribution in [0.15, 0.2) is 23.1 Å². The lowest BCUT2D eigenvalue weighted by molar-refractivity contribution is -0.138. The van der Waals surface area contributed by atoms with Gasteiger partial charge in [0.1, 0.15) is 11.2 Å². The van der Waals surface area contributed by atoms with E-state index in [4.69, 9.17) is 4.74 Å². The minimum absolute atomic E-state index is 0.0405. The fraction of sp³-hybridized carbons (Fsp3) is 0.545. The molecule has 1 aliphatic rings. The number of aromatic nitrogens is 2. The van der Waals surface area contributed by atoms with Crippen LogP contribution < -0.4 is 5.43 Å². The Labute approximate surface area is 187 Å². The predicted octanol–water partition coefficient (Wildman–Crippen LogP) is 1.70. The van der Waals surface area contributed by atoms with Crippen LogP contribution in [0.3, 0.4) is 0 Å². The van der Waals surface area contributed by atoms with Gasteiger partial charge in [0.2, 0.25) is 5.43 Å². The number of fused-ring (bicyclic) bond motifs is 1. The fourth-order valence-electron chi connectivity index (χ4n) is 4.03. The minimum atomic E-state index is -3.18. The van der Waals surface area contributed by atoms with E-state index >= 15 is 0 Å². The number of amides is 1. The van der Waals surface area contributed by atoms with E-state index in [0.717, 1.165) is 5.69 Å². The number of pyridine rings is 2. The maximum absolute atomic E-state index is 12.9. The number of carbonyl (C=O) groups excluding carboxylic acids is 2. The Balaban J connectivity index is 1.82. The van der Waals surface area contributed by atoms with Crippen LogP contribution in [0.1, 0.15) is 49.7 Å². The molecule has 0 saturated carbocycles. The third-order valence-electron chi connectivity index (χ3n) is 5.90. The summed E-state index contributed by atoms with van der Waals surface area (Å²) < 4.78 is 30.7. The summed E-state index contributed by atoms with van der Waals surface area (Å²) in [5.41, 5.74) is 0.557. The molecule has 0 bridgehead atoms. The van der Waals surface area contributed by atoms with E-state index in [-0.39, 0.29) is 23.1 Å². The molecule has 10 heteroatoms. The van der Waals surface area contributed by atoms with E-state index in [1.807, 2.05) is 27.7 Å². The van der Waals surface area contributed by atoms with Crippen molar-refractivity contribution in [3.05, 3.63) is 39.8 Å². The van der Waals surface area contributed by atoms with Crippen LogP contribution in [0.5, 0.6) is 0 Å². The first-order valence-corrected chi connectivity index (χ1v) is 12.6. The van der Waals surface area contributed by atoms with Crippen molar-refractivity contribution in [3.8, 4) is 0 Å². The number of sulfone groups is 1. The first-order chi connectivity index (χ1) is 15.1. The van der Waals surface area contributed by atoms with Crippen molar-refractivity contribution >= 4 is 32.7 Å². The summed E-state index contributed by atoms with van der Waals surface area (Å²) >= 11 is 0. The molecule has 174 valence electrons. The zero-order chi connectivity index (χ0) is 23.6. The lowest BCUT2D eigenvalue weighted by atomic mass is 10.1. The summed E-state index contributed by atoms with van der Waals surface area (Å²) in [4.78, 5) is 44.4. The van der Waals surface area contributed by atoms with Gasteiger partial charge in [0.15, 0.2) is 16.4 Å². The molecular formula is C22H29N3O6S. The number of hydrogen-bond acceptors (Lipinski definition) is 7. The smallest absolute Gasteiger partial charge is 0.344 e. The zero-order valence-electron chi connectivity index (χ0n) is 18.8. The molecule has 1 fully saturated rings. The summed E-state index contributed by atoms with van der Waals surface area (Å²) in [7, 11) is -3.18. The van der Waals surface area contributed by atoms with Crippen LogP contribution in [0, 0.1) is 6.92 Å². The molecule has 2 aromatic heterocycles. The minimum Gasteiger partial charge on any atom is -0.452 e. The van der Waals surface area contributed by atoms with Crippen LogP contribution >= 0.6 is 0 Å². The first kappa shape index (κ1) is 23.9. The Hall–Kier alpha value is -2.75. The average Bonchev–Trinajstić information content (AvgIpc) is 3.11. The molecule has 3 heterocycles. The molecule has 0 N–H and O–H groups in total. The van der Waals surface area contributed by atoms with Crippen LogP contribution in [-0.4, -0.2) is 64.9 Å². The summed E-state index contributed by atoms with van der Waals surface area (Å²) in [6.07, 6.45) is 2.40. The largest absolute Gasteiger partial charge is 0.452 e. The number of ether oxygens (including phenoxy) is 1. The molecule has 32 heavy (non-hydrogen) atoms. The van der Waals surface area contributed by atoms with Crippen molar-refractivity contribution in [2.24, 2.45) is 0 Å². The molecule has 0 unspecified atom stereocenters. The van der Waals surface area contributed by atoms with E-state index in [2.05, 4.69) is 4.98 Å². The molecule has 2 atom stereocenters. The van der Waals surface area contributed by atoms with Gasteiger partial charge in [-0.3, -0.25) is 9.59 Å². The molecule has 1 saturated heterocycles. The molecule has 1 aliphatic heterocycles. The lowest BCUT2D eigenvalue weighted by Crippen LogP contribution is -2.48. The second-order valence-corrected chi connectivity index (χ2v) is 10.4. The van der Waals surface area contributed by atoms with Gasteiger partial charge in [0.05, 0.1) is 16.9 Å². The highest BCUT2D eigenvalue weighted by molar-refractivity contribution is 7.91. The van der Waals surface area contributed by atoms with Crippen molar-refractivity contribution in [1.29, 1.82) is 0 Å². The SMILES string of the molecule is CC[C@H](C)N(C(=O)COC(=O)c1cn(CC)c2nc(C)ccc2c1=O)[C@@H]1CCS(=O)(=O)C1. The molecule has 0 spiro atoms. The Morgan fingerprint density at radius 3 is 2.62 bits per heavy atom. The first-order valence-electron chi connectivity index (χ1n) is 10.8. The van der Waals surface area contributed by atoms with Gasteiger partial charge in [0.25, 0.3) is 5.91 Å². The van der Waals surface area contributed by atoms with Crippen molar-refractivity contribution in [3.63, 3.8) is 0 Å². The number of carbonyl (C=O) groups is 2. The Morgan fingerprint density at radius 2 is 2.03 bits per heavy atom. The van der Waals surface area contributed by atoms with E-state index in [1.165, 1.54) is 11.1 Å². The Bertz CT molecular complexity index is 1200. The number of rotatable bonds is 7. The quantitative estimate of drug-likeness (QED) is 0.574. The van der Waals surface area contributed by atoms with E-state index < -0.39 is 39.8 Å². The molecule has 0 aromatic carbocycles. The van der Waals surface area contributed by atoms with Gasteiger partial charge >= 0.3 is 5.97 Å². The maximum atomic E-state index is 12.9. The lowest BCUT2D eigenvalue weighted by Gasteiger charge is -2.33. The van der Waals surface area contributed by atoms with Gasteiger partial charge in [-0.25, -0.2) is 18.2 Å². The zero-order valence-corrected chi connectivity index (χ0v) is 19.6. The van der Waals surface area contributed by atoms with E-state index in [1.54, 1.807) is 16.7 Å². The van der Waals surface area contributed by atoms with Crippen LogP contribution in [-0.2, 0) is 25.9 Å². The summed E-state index contributed by atoms with van der Waals surface area (Å²) in [6.45, 7) is 7.35. The molecule has 0 radical (unpaired) electrons. The van der Waals surface area contributed by atoms with Gasteiger partial charge in [-0.2, -0.15) is 0 Å². The molecule has 2 aromatic rings. The van der Waals surface area contributed by atoms with Gasteiger partial charge in [-0.15, -0.1) is 0 Å². The van der Waals surface area contributed by atoms with Crippen molar-refractivity contribution in [1.82, 2.24) is 14.5 Å². The van der Waals surface area contributed by atoms with Crippen molar-refractivity contribution in [2.75, 3.05) is 18.1 Å². The second-order valence-electron chi connectivity index (χ2n) is 8.17. The molecule has 1 amide bonds. The maximum Gasteiger partial charge on any atom is 0.344 e. The summed E-state index contributed by atoms with van der Waals surface area (Å²) in [6, 6.07) is 2.68. The van der Waals surface area contributed by atoms with Crippen molar-refractivity contribution < 1.29 is 22.7 Å². The Kier molecular flexibility index (Phi) is 7.02. The normalized spacial score (nSPS) is 18.4. The van der Waals surface area contributed by atoms with Gasteiger partial charge in [-0.05, 0) is 45.7 Å².